The fraction of sp³-hybridized carbons (Fsp3) is 0.750. The highest BCUT2D eigenvalue weighted by Gasteiger charge is 2.27. The highest BCUT2D eigenvalue weighted by molar-refractivity contribution is 9.10. The average molecular weight is 355 g/mol. The quantitative estimate of drug-likeness (QED) is 0.850. The maximum atomic E-state index is 6.36. The normalized spacial score (nSPS) is 24.2. The summed E-state index contributed by atoms with van der Waals surface area (Å²) in [5.41, 5.74) is 6.36. The van der Waals surface area contributed by atoms with Gasteiger partial charge in [0, 0.05) is 12.4 Å². The molecule has 1 aromatic heterocycles. The molecule has 2 rings (SSSR count). The fourth-order valence-corrected chi connectivity index (χ4v) is 3.44. The monoisotopic (exact) mass is 354 g/mol. The lowest BCUT2D eigenvalue weighted by atomic mass is 9.77. The van der Waals surface area contributed by atoms with Crippen molar-refractivity contribution >= 4 is 15.9 Å². The SMILES string of the molecule is CN(C)CCCC1CCC(C(N)c2ncc(Br)cn2)CC1. The van der Waals surface area contributed by atoms with Gasteiger partial charge in [0.2, 0.25) is 0 Å². The molecule has 0 amide bonds. The molecule has 1 aromatic rings. The van der Waals surface area contributed by atoms with Crippen molar-refractivity contribution in [2.24, 2.45) is 17.6 Å². The van der Waals surface area contributed by atoms with Crippen LogP contribution in [0.5, 0.6) is 0 Å². The van der Waals surface area contributed by atoms with E-state index in [-0.39, 0.29) is 6.04 Å². The van der Waals surface area contributed by atoms with Crippen molar-refractivity contribution in [3.8, 4) is 0 Å². The molecule has 118 valence electrons. The summed E-state index contributed by atoms with van der Waals surface area (Å²) in [4.78, 5) is 11.0. The van der Waals surface area contributed by atoms with Crippen LogP contribution >= 0.6 is 15.9 Å². The van der Waals surface area contributed by atoms with Gasteiger partial charge in [-0.3, -0.25) is 0 Å². The molecule has 0 radical (unpaired) electrons. The first kappa shape index (κ1) is 16.8. The molecule has 1 atom stereocenters. The molecule has 1 heterocycles. The number of halogens is 1. The Balaban J connectivity index is 1.76. The zero-order chi connectivity index (χ0) is 15.2. The van der Waals surface area contributed by atoms with E-state index in [1.807, 2.05) is 0 Å². The Morgan fingerprint density at radius 3 is 2.43 bits per heavy atom. The van der Waals surface area contributed by atoms with Gasteiger partial charge in [-0.1, -0.05) is 12.8 Å². The third-order valence-electron chi connectivity index (χ3n) is 4.56. The molecule has 2 N–H and O–H groups in total. The van der Waals surface area contributed by atoms with Gasteiger partial charge in [-0.2, -0.15) is 0 Å². The van der Waals surface area contributed by atoms with E-state index >= 15 is 0 Å². The van der Waals surface area contributed by atoms with Crippen LogP contribution in [0.1, 0.15) is 50.4 Å². The van der Waals surface area contributed by atoms with Crippen LogP contribution in [0.25, 0.3) is 0 Å². The Kier molecular flexibility index (Phi) is 6.58. The second-order valence-electron chi connectivity index (χ2n) is 6.51. The van der Waals surface area contributed by atoms with Crippen LogP contribution in [0, 0.1) is 11.8 Å². The van der Waals surface area contributed by atoms with Crippen LogP contribution < -0.4 is 5.73 Å². The molecule has 1 aliphatic carbocycles. The predicted octanol–water partition coefficient (Wildman–Crippen LogP) is 3.39. The summed E-state index contributed by atoms with van der Waals surface area (Å²) >= 11 is 3.36. The van der Waals surface area contributed by atoms with Gasteiger partial charge in [-0.05, 0) is 74.1 Å². The highest BCUT2D eigenvalue weighted by Crippen LogP contribution is 2.36. The van der Waals surface area contributed by atoms with E-state index < -0.39 is 0 Å². The standard InChI is InChI=1S/C16H27BrN4/c1-21(2)9-3-4-12-5-7-13(8-6-12)15(18)16-19-10-14(17)11-20-16/h10-13,15H,3-9,18H2,1-2H3. The summed E-state index contributed by atoms with van der Waals surface area (Å²) in [7, 11) is 4.29. The van der Waals surface area contributed by atoms with Crippen LogP contribution in [0.3, 0.4) is 0 Å². The van der Waals surface area contributed by atoms with Crippen LogP contribution in [0.4, 0.5) is 0 Å². The van der Waals surface area contributed by atoms with Crippen molar-refractivity contribution in [2.45, 2.75) is 44.6 Å². The predicted molar refractivity (Wildman–Crippen MR) is 89.9 cm³/mol. The summed E-state index contributed by atoms with van der Waals surface area (Å²) < 4.78 is 0.906. The molecular weight excluding hydrogens is 328 g/mol. The largest absolute Gasteiger partial charge is 0.321 e. The Hall–Kier alpha value is -0.520. The minimum Gasteiger partial charge on any atom is -0.321 e. The lowest BCUT2D eigenvalue weighted by Gasteiger charge is -2.31. The van der Waals surface area contributed by atoms with Crippen LogP contribution in [0.2, 0.25) is 0 Å². The molecule has 1 unspecified atom stereocenters. The van der Waals surface area contributed by atoms with Crippen LogP contribution in [-0.4, -0.2) is 35.5 Å². The van der Waals surface area contributed by atoms with E-state index in [4.69, 9.17) is 5.73 Å². The first-order valence-electron chi connectivity index (χ1n) is 7.94. The number of hydrogen-bond donors (Lipinski definition) is 1. The van der Waals surface area contributed by atoms with E-state index in [9.17, 15) is 0 Å². The van der Waals surface area contributed by atoms with E-state index in [2.05, 4.69) is 44.9 Å². The van der Waals surface area contributed by atoms with Crippen molar-refractivity contribution in [3.63, 3.8) is 0 Å². The highest BCUT2D eigenvalue weighted by atomic mass is 79.9. The maximum absolute atomic E-state index is 6.36. The van der Waals surface area contributed by atoms with Gasteiger partial charge in [0.1, 0.15) is 5.82 Å². The Morgan fingerprint density at radius 2 is 1.86 bits per heavy atom. The summed E-state index contributed by atoms with van der Waals surface area (Å²) in [6, 6.07) is -0.0131. The summed E-state index contributed by atoms with van der Waals surface area (Å²) in [5, 5.41) is 0. The van der Waals surface area contributed by atoms with Gasteiger partial charge in [0.15, 0.2) is 0 Å². The Labute approximate surface area is 136 Å². The lowest BCUT2D eigenvalue weighted by molar-refractivity contribution is 0.224. The molecule has 0 saturated heterocycles. The second-order valence-corrected chi connectivity index (χ2v) is 7.43. The molecular formula is C16H27BrN4. The maximum Gasteiger partial charge on any atom is 0.145 e. The van der Waals surface area contributed by atoms with Gasteiger partial charge >= 0.3 is 0 Å². The molecule has 0 aliphatic heterocycles. The fourth-order valence-electron chi connectivity index (χ4n) is 3.24. The van der Waals surface area contributed by atoms with E-state index in [0.717, 1.165) is 16.2 Å². The van der Waals surface area contributed by atoms with Gasteiger partial charge < -0.3 is 10.6 Å². The Morgan fingerprint density at radius 1 is 1.24 bits per heavy atom. The smallest absolute Gasteiger partial charge is 0.145 e. The topological polar surface area (TPSA) is 55.0 Å². The van der Waals surface area contributed by atoms with Crippen molar-refractivity contribution in [1.29, 1.82) is 0 Å². The summed E-state index contributed by atoms with van der Waals surface area (Å²) in [5.74, 6) is 2.21. The first-order valence-corrected chi connectivity index (χ1v) is 8.73. The van der Waals surface area contributed by atoms with Crippen LogP contribution in [0.15, 0.2) is 16.9 Å². The molecule has 21 heavy (non-hydrogen) atoms. The molecule has 1 fully saturated rings. The van der Waals surface area contributed by atoms with Crippen molar-refractivity contribution in [1.82, 2.24) is 14.9 Å². The van der Waals surface area contributed by atoms with Crippen molar-refractivity contribution in [3.05, 3.63) is 22.7 Å². The number of nitrogens with zero attached hydrogens (tertiary/aromatic N) is 3. The number of rotatable bonds is 6. The molecule has 1 saturated carbocycles. The van der Waals surface area contributed by atoms with E-state index in [0.29, 0.717) is 5.92 Å². The zero-order valence-corrected chi connectivity index (χ0v) is 14.7. The van der Waals surface area contributed by atoms with Crippen LogP contribution in [-0.2, 0) is 0 Å². The van der Waals surface area contributed by atoms with Gasteiger partial charge in [0.05, 0.1) is 10.5 Å². The van der Waals surface area contributed by atoms with Gasteiger partial charge in [-0.15, -0.1) is 0 Å². The van der Waals surface area contributed by atoms with Crippen molar-refractivity contribution < 1.29 is 0 Å². The Bertz CT molecular complexity index is 413. The molecule has 0 bridgehead atoms. The molecule has 0 spiro atoms. The summed E-state index contributed by atoms with van der Waals surface area (Å²) in [6.07, 6.45) is 11.3. The zero-order valence-electron chi connectivity index (χ0n) is 13.1. The van der Waals surface area contributed by atoms with Crippen molar-refractivity contribution in [2.75, 3.05) is 20.6 Å². The molecule has 4 nitrogen and oxygen atoms in total. The first-order chi connectivity index (χ1) is 10.1. The number of nitrogens with two attached hydrogens (primary N) is 1. The number of hydrogen-bond acceptors (Lipinski definition) is 4. The van der Waals surface area contributed by atoms with E-state index in [1.54, 1.807) is 12.4 Å². The minimum absolute atomic E-state index is 0.0131. The molecule has 0 aromatic carbocycles. The number of aromatic nitrogens is 2. The summed E-state index contributed by atoms with van der Waals surface area (Å²) in [6.45, 7) is 1.20. The minimum atomic E-state index is -0.0131. The second kappa shape index (κ2) is 8.20. The average Bonchev–Trinajstić information content (AvgIpc) is 2.48. The molecule has 5 heteroatoms. The third-order valence-corrected chi connectivity index (χ3v) is 4.96. The van der Waals surface area contributed by atoms with Gasteiger partial charge in [0.25, 0.3) is 0 Å². The lowest BCUT2D eigenvalue weighted by Crippen LogP contribution is -2.27. The van der Waals surface area contributed by atoms with E-state index in [1.165, 1.54) is 45.1 Å². The molecule has 1 aliphatic rings. The third kappa shape index (κ3) is 5.31. The van der Waals surface area contributed by atoms with Gasteiger partial charge in [-0.25, -0.2) is 9.97 Å².